The Balaban J connectivity index is 2.48. The molecule has 2 nitrogen and oxygen atoms in total. The maximum Gasteiger partial charge on any atom is 0.116 e. The summed E-state index contributed by atoms with van der Waals surface area (Å²) < 4.78 is 1.22. The second-order valence-corrected chi connectivity index (χ2v) is 5.42. The highest BCUT2D eigenvalue weighted by Crippen LogP contribution is 2.22. The van der Waals surface area contributed by atoms with Crippen LogP contribution >= 0.6 is 27.3 Å². The number of hydrogen-bond donors (Lipinski definition) is 0. The molecule has 4 heteroatoms. The molecule has 0 aliphatic rings. The number of thiophene rings is 1. The third-order valence-electron chi connectivity index (χ3n) is 1.79. The van der Waals surface area contributed by atoms with Gasteiger partial charge in [0.25, 0.3) is 0 Å². The molecule has 0 aliphatic carbocycles. The maximum absolute atomic E-state index is 4.29. The van der Waals surface area contributed by atoms with Gasteiger partial charge in [-0.15, -0.1) is 11.3 Å². The molecule has 2 heterocycles. The Morgan fingerprint density at radius 3 is 3.15 bits per heavy atom. The Bertz CT molecular complexity index is 411. The van der Waals surface area contributed by atoms with E-state index in [1.54, 1.807) is 17.7 Å². The highest BCUT2D eigenvalue weighted by Gasteiger charge is 2.06. The van der Waals surface area contributed by atoms with Gasteiger partial charge in [-0.2, -0.15) is 0 Å². The van der Waals surface area contributed by atoms with Crippen LogP contribution in [0.2, 0.25) is 0 Å². The van der Waals surface area contributed by atoms with Gasteiger partial charge in [-0.25, -0.2) is 9.97 Å². The molecule has 0 saturated heterocycles. The SMILES string of the molecule is CC(Br)Cc1ncnc2ccsc12. The second-order valence-electron chi connectivity index (χ2n) is 2.94. The third kappa shape index (κ3) is 1.89. The molecular formula is C9H9BrN2S. The fourth-order valence-corrected chi connectivity index (χ4v) is 2.40. The summed E-state index contributed by atoms with van der Waals surface area (Å²) in [6.07, 6.45) is 2.60. The number of rotatable bonds is 2. The minimum Gasteiger partial charge on any atom is -0.240 e. The topological polar surface area (TPSA) is 25.8 Å². The molecule has 0 amide bonds. The zero-order valence-electron chi connectivity index (χ0n) is 7.20. The van der Waals surface area contributed by atoms with E-state index < -0.39 is 0 Å². The highest BCUT2D eigenvalue weighted by atomic mass is 79.9. The zero-order valence-corrected chi connectivity index (χ0v) is 9.60. The van der Waals surface area contributed by atoms with Crippen molar-refractivity contribution < 1.29 is 0 Å². The third-order valence-corrected chi connectivity index (χ3v) is 3.07. The molecule has 0 radical (unpaired) electrons. The van der Waals surface area contributed by atoms with Crippen LogP contribution in [0.4, 0.5) is 0 Å². The molecule has 2 aromatic rings. The summed E-state index contributed by atoms with van der Waals surface area (Å²) in [6, 6.07) is 2.03. The van der Waals surface area contributed by atoms with Gasteiger partial charge in [0.05, 0.1) is 15.9 Å². The molecule has 0 N–H and O–H groups in total. The van der Waals surface area contributed by atoms with Crippen molar-refractivity contribution in [1.82, 2.24) is 9.97 Å². The van der Waals surface area contributed by atoms with Gasteiger partial charge in [0.15, 0.2) is 0 Å². The summed E-state index contributed by atoms with van der Waals surface area (Å²) >= 11 is 5.24. The maximum atomic E-state index is 4.29. The molecule has 0 saturated carbocycles. The molecule has 2 rings (SSSR count). The van der Waals surface area contributed by atoms with Crippen LogP contribution in [0.5, 0.6) is 0 Å². The Kier molecular flexibility index (Phi) is 2.60. The summed E-state index contributed by atoms with van der Waals surface area (Å²) in [7, 11) is 0. The van der Waals surface area contributed by atoms with Crippen molar-refractivity contribution in [2.75, 3.05) is 0 Å². The average Bonchev–Trinajstić information content (AvgIpc) is 2.51. The van der Waals surface area contributed by atoms with Crippen molar-refractivity contribution in [1.29, 1.82) is 0 Å². The van der Waals surface area contributed by atoms with E-state index in [-0.39, 0.29) is 0 Å². The predicted octanol–water partition coefficient (Wildman–Crippen LogP) is 3.02. The lowest BCUT2D eigenvalue weighted by Crippen LogP contribution is -1.99. The Morgan fingerprint density at radius 1 is 1.54 bits per heavy atom. The van der Waals surface area contributed by atoms with E-state index >= 15 is 0 Å². The number of alkyl halides is 1. The van der Waals surface area contributed by atoms with Crippen LogP contribution < -0.4 is 0 Å². The first-order chi connectivity index (χ1) is 6.27. The van der Waals surface area contributed by atoms with E-state index in [0.29, 0.717) is 4.83 Å². The summed E-state index contributed by atoms with van der Waals surface area (Å²) in [5, 5.41) is 2.06. The van der Waals surface area contributed by atoms with Crippen LogP contribution in [0.3, 0.4) is 0 Å². The largest absolute Gasteiger partial charge is 0.240 e. The van der Waals surface area contributed by atoms with Crippen LogP contribution in [0.25, 0.3) is 10.2 Å². The van der Waals surface area contributed by atoms with Crippen molar-refractivity contribution in [2.24, 2.45) is 0 Å². The van der Waals surface area contributed by atoms with Gasteiger partial charge in [-0.3, -0.25) is 0 Å². The summed E-state index contributed by atoms with van der Waals surface area (Å²) in [4.78, 5) is 8.95. The molecule has 13 heavy (non-hydrogen) atoms. The van der Waals surface area contributed by atoms with Crippen LogP contribution in [0, 0.1) is 0 Å². The monoisotopic (exact) mass is 256 g/mol. The zero-order chi connectivity index (χ0) is 9.26. The molecule has 2 aromatic heterocycles. The van der Waals surface area contributed by atoms with E-state index in [1.165, 1.54) is 4.70 Å². The minimum absolute atomic E-state index is 0.465. The molecule has 0 aliphatic heterocycles. The van der Waals surface area contributed by atoms with Crippen LogP contribution in [-0.4, -0.2) is 14.8 Å². The number of fused-ring (bicyclic) bond motifs is 1. The number of aromatic nitrogens is 2. The van der Waals surface area contributed by atoms with Crippen molar-refractivity contribution >= 4 is 37.5 Å². The summed E-state index contributed by atoms with van der Waals surface area (Å²) in [6.45, 7) is 2.13. The molecule has 0 spiro atoms. The highest BCUT2D eigenvalue weighted by molar-refractivity contribution is 9.09. The quantitative estimate of drug-likeness (QED) is 0.773. The van der Waals surface area contributed by atoms with Crippen molar-refractivity contribution in [3.63, 3.8) is 0 Å². The lowest BCUT2D eigenvalue weighted by molar-refractivity contribution is 0.920. The molecule has 1 atom stereocenters. The van der Waals surface area contributed by atoms with E-state index in [1.807, 2.05) is 6.07 Å². The van der Waals surface area contributed by atoms with Crippen molar-refractivity contribution in [3.8, 4) is 0 Å². The van der Waals surface area contributed by atoms with Gasteiger partial charge in [-0.05, 0) is 11.4 Å². The average molecular weight is 257 g/mol. The summed E-state index contributed by atoms with van der Waals surface area (Å²) in [5.41, 5.74) is 2.20. The lowest BCUT2D eigenvalue weighted by atomic mass is 10.2. The van der Waals surface area contributed by atoms with E-state index in [9.17, 15) is 0 Å². The Morgan fingerprint density at radius 2 is 2.38 bits per heavy atom. The summed E-state index contributed by atoms with van der Waals surface area (Å²) in [5.74, 6) is 0. The van der Waals surface area contributed by atoms with Gasteiger partial charge in [0.1, 0.15) is 6.33 Å². The van der Waals surface area contributed by atoms with E-state index in [2.05, 4.69) is 38.2 Å². The number of nitrogens with zero attached hydrogens (tertiary/aromatic N) is 2. The molecule has 68 valence electrons. The number of halogens is 1. The van der Waals surface area contributed by atoms with Gasteiger partial charge in [0, 0.05) is 11.2 Å². The fraction of sp³-hybridized carbons (Fsp3) is 0.333. The standard InChI is InChI=1S/C9H9BrN2S/c1-6(10)4-8-9-7(2-3-13-9)11-5-12-8/h2-3,5-6H,4H2,1H3. The van der Waals surface area contributed by atoms with Crippen LogP contribution in [0.15, 0.2) is 17.8 Å². The van der Waals surface area contributed by atoms with Crippen molar-refractivity contribution in [2.45, 2.75) is 18.2 Å². The first-order valence-electron chi connectivity index (χ1n) is 4.08. The lowest BCUT2D eigenvalue weighted by Gasteiger charge is -2.02. The van der Waals surface area contributed by atoms with Crippen molar-refractivity contribution in [3.05, 3.63) is 23.5 Å². The van der Waals surface area contributed by atoms with E-state index in [4.69, 9.17) is 0 Å². The minimum atomic E-state index is 0.465. The van der Waals surface area contributed by atoms with Gasteiger partial charge < -0.3 is 0 Å². The molecular weight excluding hydrogens is 248 g/mol. The first-order valence-corrected chi connectivity index (χ1v) is 5.88. The van der Waals surface area contributed by atoms with Crippen LogP contribution in [-0.2, 0) is 6.42 Å². The fourth-order valence-electron chi connectivity index (χ4n) is 1.25. The Hall–Kier alpha value is -0.480. The smallest absolute Gasteiger partial charge is 0.116 e. The second kappa shape index (κ2) is 3.72. The predicted molar refractivity (Wildman–Crippen MR) is 59.5 cm³/mol. The molecule has 0 fully saturated rings. The molecule has 0 bridgehead atoms. The number of hydrogen-bond acceptors (Lipinski definition) is 3. The van der Waals surface area contributed by atoms with Gasteiger partial charge in [0.2, 0.25) is 0 Å². The normalized spacial score (nSPS) is 13.4. The molecule has 1 unspecified atom stereocenters. The van der Waals surface area contributed by atoms with E-state index in [0.717, 1.165) is 17.6 Å². The van der Waals surface area contributed by atoms with Crippen LogP contribution in [0.1, 0.15) is 12.6 Å². The van der Waals surface area contributed by atoms with Gasteiger partial charge >= 0.3 is 0 Å². The first kappa shape index (κ1) is 9.09. The Labute approximate surface area is 89.2 Å². The molecule has 0 aromatic carbocycles. The van der Waals surface area contributed by atoms with Gasteiger partial charge in [-0.1, -0.05) is 22.9 Å².